The molecule has 0 saturated carbocycles. The van der Waals surface area contributed by atoms with Gasteiger partial charge in [0.2, 0.25) is 0 Å². The van der Waals surface area contributed by atoms with Crippen LogP contribution in [0.15, 0.2) is 54.6 Å². The first-order chi connectivity index (χ1) is 14.7. The highest BCUT2D eigenvalue weighted by atomic mass is 16.5. The van der Waals surface area contributed by atoms with Crippen molar-refractivity contribution >= 4 is 29.5 Å². The maximum Gasteiger partial charge on any atom is 0.408 e. The van der Waals surface area contributed by atoms with Crippen LogP contribution < -0.4 is 16.0 Å². The molecule has 2 amide bonds. The van der Waals surface area contributed by atoms with Gasteiger partial charge < -0.3 is 26.0 Å². The van der Waals surface area contributed by atoms with Gasteiger partial charge in [-0.1, -0.05) is 30.3 Å². The summed E-state index contributed by atoms with van der Waals surface area (Å²) in [6.07, 6.45) is -2.27. The molecule has 31 heavy (non-hydrogen) atoms. The van der Waals surface area contributed by atoms with Gasteiger partial charge in [-0.2, -0.15) is 0 Å². The third kappa shape index (κ3) is 6.82. The molecule has 0 bridgehead atoms. The molecular formula is C21H24N4O6. The highest BCUT2D eigenvalue weighted by molar-refractivity contribution is 6.02. The van der Waals surface area contributed by atoms with E-state index >= 15 is 0 Å². The van der Waals surface area contributed by atoms with Gasteiger partial charge in [0.15, 0.2) is 0 Å². The second kappa shape index (κ2) is 10.7. The number of carboxylic acid groups (broad SMARTS) is 1. The van der Waals surface area contributed by atoms with Crippen molar-refractivity contribution in [3.63, 3.8) is 0 Å². The van der Waals surface area contributed by atoms with E-state index in [9.17, 15) is 24.6 Å². The number of ether oxygens (including phenoxy) is 1. The molecule has 0 unspecified atom stereocenters. The van der Waals surface area contributed by atoms with Crippen molar-refractivity contribution in [3.8, 4) is 0 Å². The summed E-state index contributed by atoms with van der Waals surface area (Å²) >= 11 is 0. The van der Waals surface area contributed by atoms with E-state index in [1.54, 1.807) is 24.3 Å². The molecule has 0 aliphatic carbocycles. The van der Waals surface area contributed by atoms with Crippen molar-refractivity contribution in [2.75, 3.05) is 11.4 Å². The standard InChI is InChI=1S/C21H24N4O6/c1-13(26)18(24-21(30)31-12-14-5-3-2-4-6-14)20(29)25(11-17(27)28)16-9-7-15(8-10-16)19(22)23/h2-10,13,18,26H,11-12H2,1H3,(H3,22,23)(H,24,30)(H,27,28)/t13-,18+/m1/s1. The smallest absolute Gasteiger partial charge is 0.408 e. The molecule has 10 nitrogen and oxygen atoms in total. The molecule has 0 spiro atoms. The van der Waals surface area contributed by atoms with Crippen LogP contribution in [0.25, 0.3) is 0 Å². The third-order valence-corrected chi connectivity index (χ3v) is 4.28. The Kier molecular flexibility index (Phi) is 8.09. The quantitative estimate of drug-likeness (QED) is 0.294. The van der Waals surface area contributed by atoms with Crippen LogP contribution >= 0.6 is 0 Å². The molecule has 10 heteroatoms. The molecular weight excluding hydrogens is 404 g/mol. The van der Waals surface area contributed by atoms with Crippen molar-refractivity contribution in [3.05, 3.63) is 65.7 Å². The minimum atomic E-state index is -1.45. The van der Waals surface area contributed by atoms with Gasteiger partial charge in [-0.15, -0.1) is 0 Å². The number of carboxylic acids is 1. The number of hydrogen-bond acceptors (Lipinski definition) is 6. The van der Waals surface area contributed by atoms with Crippen LogP contribution in [-0.2, 0) is 20.9 Å². The van der Waals surface area contributed by atoms with Crippen LogP contribution in [0.3, 0.4) is 0 Å². The zero-order valence-corrected chi connectivity index (χ0v) is 16.8. The number of carbonyl (C=O) groups excluding carboxylic acids is 2. The largest absolute Gasteiger partial charge is 0.480 e. The van der Waals surface area contributed by atoms with E-state index in [-0.39, 0.29) is 18.1 Å². The highest BCUT2D eigenvalue weighted by Gasteiger charge is 2.32. The second-order valence-electron chi connectivity index (χ2n) is 6.70. The number of aliphatic carboxylic acids is 1. The summed E-state index contributed by atoms with van der Waals surface area (Å²) in [6, 6.07) is 13.2. The van der Waals surface area contributed by atoms with Crippen LogP contribution in [0.5, 0.6) is 0 Å². The first-order valence-electron chi connectivity index (χ1n) is 9.32. The van der Waals surface area contributed by atoms with Gasteiger partial charge in [0, 0.05) is 11.3 Å². The molecule has 6 N–H and O–H groups in total. The molecule has 0 aliphatic rings. The Balaban J connectivity index is 2.16. The average Bonchev–Trinajstić information content (AvgIpc) is 2.74. The number of nitrogens with one attached hydrogen (secondary N) is 2. The number of aliphatic hydroxyl groups excluding tert-OH is 1. The second-order valence-corrected chi connectivity index (χ2v) is 6.70. The first kappa shape index (κ1) is 23.4. The summed E-state index contributed by atoms with van der Waals surface area (Å²) in [5.74, 6) is -2.32. The minimum Gasteiger partial charge on any atom is -0.480 e. The maximum atomic E-state index is 13.0. The third-order valence-electron chi connectivity index (χ3n) is 4.28. The van der Waals surface area contributed by atoms with E-state index in [2.05, 4.69) is 5.32 Å². The number of amides is 2. The summed E-state index contributed by atoms with van der Waals surface area (Å²) < 4.78 is 5.08. The van der Waals surface area contributed by atoms with Crippen LogP contribution in [0.2, 0.25) is 0 Å². The lowest BCUT2D eigenvalue weighted by Gasteiger charge is -2.28. The van der Waals surface area contributed by atoms with Crippen molar-refractivity contribution in [2.24, 2.45) is 5.73 Å². The van der Waals surface area contributed by atoms with E-state index in [0.717, 1.165) is 10.5 Å². The zero-order valence-electron chi connectivity index (χ0n) is 16.8. The zero-order chi connectivity index (χ0) is 23.0. The molecule has 0 heterocycles. The Morgan fingerprint density at radius 3 is 2.26 bits per heavy atom. The maximum absolute atomic E-state index is 13.0. The van der Waals surface area contributed by atoms with Crippen LogP contribution in [0.1, 0.15) is 18.1 Å². The van der Waals surface area contributed by atoms with Crippen LogP contribution in [0, 0.1) is 5.41 Å². The van der Waals surface area contributed by atoms with Gasteiger partial charge >= 0.3 is 12.1 Å². The number of benzene rings is 2. The number of hydrogen-bond donors (Lipinski definition) is 5. The summed E-state index contributed by atoms with van der Waals surface area (Å²) in [7, 11) is 0. The van der Waals surface area contributed by atoms with Gasteiger partial charge in [0.25, 0.3) is 5.91 Å². The van der Waals surface area contributed by atoms with E-state index in [1.807, 2.05) is 6.07 Å². The van der Waals surface area contributed by atoms with Crippen molar-refractivity contribution in [1.82, 2.24) is 5.32 Å². The van der Waals surface area contributed by atoms with Crippen LogP contribution in [-0.4, -0.2) is 52.7 Å². The molecule has 0 fully saturated rings. The predicted molar refractivity (Wildman–Crippen MR) is 113 cm³/mol. The van der Waals surface area contributed by atoms with Gasteiger partial charge in [-0.3, -0.25) is 19.9 Å². The number of nitrogen functional groups attached to an aromatic ring is 1. The topological polar surface area (TPSA) is 166 Å². The Hall–Kier alpha value is -3.92. The summed E-state index contributed by atoms with van der Waals surface area (Å²) in [5.41, 5.74) is 6.73. The van der Waals surface area contributed by atoms with E-state index < -0.39 is 36.7 Å². The lowest BCUT2D eigenvalue weighted by molar-refractivity contribution is -0.137. The van der Waals surface area contributed by atoms with Crippen molar-refractivity contribution < 1.29 is 29.3 Å². The van der Waals surface area contributed by atoms with E-state index in [1.165, 1.54) is 31.2 Å². The molecule has 2 aromatic carbocycles. The Labute approximate surface area is 178 Å². The number of alkyl carbamates (subject to hydrolysis) is 1. The van der Waals surface area contributed by atoms with Gasteiger partial charge in [-0.25, -0.2) is 4.79 Å². The minimum absolute atomic E-state index is 0.0429. The number of amidine groups is 1. The van der Waals surface area contributed by atoms with Gasteiger partial charge in [0.1, 0.15) is 25.0 Å². The Bertz CT molecular complexity index is 931. The van der Waals surface area contributed by atoms with E-state index in [4.69, 9.17) is 15.9 Å². The summed E-state index contributed by atoms with van der Waals surface area (Å²) in [6.45, 7) is 0.540. The molecule has 0 aliphatic heterocycles. The number of rotatable bonds is 9. The Morgan fingerprint density at radius 1 is 1.13 bits per heavy atom. The first-order valence-corrected chi connectivity index (χ1v) is 9.32. The molecule has 164 valence electrons. The number of aliphatic hydroxyl groups is 1. The van der Waals surface area contributed by atoms with Gasteiger partial charge in [0.05, 0.1) is 6.10 Å². The fourth-order valence-electron chi connectivity index (χ4n) is 2.70. The highest BCUT2D eigenvalue weighted by Crippen LogP contribution is 2.17. The fourth-order valence-corrected chi connectivity index (χ4v) is 2.70. The van der Waals surface area contributed by atoms with Crippen molar-refractivity contribution in [1.29, 1.82) is 5.41 Å². The summed E-state index contributed by atoms with van der Waals surface area (Å²) in [5, 5.41) is 29.0. The monoisotopic (exact) mass is 428 g/mol. The number of carbonyl (C=O) groups is 3. The fraction of sp³-hybridized carbons (Fsp3) is 0.238. The SMILES string of the molecule is C[C@@H](O)[C@H](NC(=O)OCc1ccccc1)C(=O)N(CC(=O)O)c1ccc(C(=N)N)cc1. The van der Waals surface area contributed by atoms with Crippen LogP contribution in [0.4, 0.5) is 10.5 Å². The Morgan fingerprint density at radius 2 is 1.74 bits per heavy atom. The van der Waals surface area contributed by atoms with E-state index in [0.29, 0.717) is 5.56 Å². The molecule has 2 atom stereocenters. The number of nitrogens with zero attached hydrogens (tertiary/aromatic N) is 1. The summed E-state index contributed by atoms with van der Waals surface area (Å²) in [4.78, 5) is 37.4. The number of nitrogens with two attached hydrogens (primary N) is 1. The molecule has 2 rings (SSSR count). The molecule has 0 saturated heterocycles. The predicted octanol–water partition coefficient (Wildman–Crippen LogP) is 1.06. The number of anilines is 1. The molecule has 0 radical (unpaired) electrons. The normalized spacial score (nSPS) is 12.3. The lowest BCUT2D eigenvalue weighted by atomic mass is 10.1. The molecule has 2 aromatic rings. The van der Waals surface area contributed by atoms with Gasteiger partial charge in [-0.05, 0) is 36.8 Å². The average molecular weight is 428 g/mol. The molecule has 0 aromatic heterocycles. The lowest BCUT2D eigenvalue weighted by Crippen LogP contribution is -2.55. The van der Waals surface area contributed by atoms with Crippen molar-refractivity contribution in [2.45, 2.75) is 25.7 Å².